The van der Waals surface area contributed by atoms with Crippen LogP contribution in [0.2, 0.25) is 0 Å². The molecular formula is C27H30FN3O4. The van der Waals surface area contributed by atoms with Crippen molar-refractivity contribution >= 4 is 35.3 Å². The molecule has 1 unspecified atom stereocenters. The zero-order valence-corrected chi connectivity index (χ0v) is 20.6. The highest BCUT2D eigenvalue weighted by Crippen LogP contribution is 2.46. The lowest BCUT2D eigenvalue weighted by molar-refractivity contribution is -0.122. The number of rotatable bonds is 5. The molecule has 1 fully saturated rings. The molecule has 2 aromatic rings. The third kappa shape index (κ3) is 4.40. The number of anilines is 2. The van der Waals surface area contributed by atoms with Crippen LogP contribution in [0, 0.1) is 5.82 Å². The van der Waals surface area contributed by atoms with Crippen LogP contribution in [-0.2, 0) is 9.59 Å². The summed E-state index contributed by atoms with van der Waals surface area (Å²) in [6.07, 6.45) is 3.37. The molecule has 1 atom stereocenters. The molecule has 4 amide bonds. The van der Waals surface area contributed by atoms with E-state index in [0.717, 1.165) is 41.6 Å². The van der Waals surface area contributed by atoms with Crippen LogP contribution in [0.25, 0.3) is 6.08 Å². The van der Waals surface area contributed by atoms with E-state index in [0.29, 0.717) is 11.3 Å². The largest absolute Gasteiger partial charge is 0.496 e. The Kier molecular flexibility index (Phi) is 6.40. The second-order valence-electron chi connectivity index (χ2n) is 9.66. The molecule has 0 bridgehead atoms. The van der Waals surface area contributed by atoms with Gasteiger partial charge in [-0.15, -0.1) is 0 Å². The van der Waals surface area contributed by atoms with Gasteiger partial charge >= 0.3 is 6.03 Å². The van der Waals surface area contributed by atoms with Gasteiger partial charge in [-0.1, -0.05) is 19.9 Å². The highest BCUT2D eigenvalue weighted by Gasteiger charge is 2.39. The summed E-state index contributed by atoms with van der Waals surface area (Å²) in [7, 11) is 1.54. The lowest BCUT2D eigenvalue weighted by atomic mass is 9.79. The van der Waals surface area contributed by atoms with Gasteiger partial charge in [-0.05, 0) is 68.5 Å². The van der Waals surface area contributed by atoms with Crippen LogP contribution in [0.4, 0.5) is 20.6 Å². The second kappa shape index (κ2) is 9.17. The summed E-state index contributed by atoms with van der Waals surface area (Å²) in [5, 5.41) is 2.18. The maximum atomic E-state index is 13.8. The highest BCUT2D eigenvalue weighted by atomic mass is 19.1. The molecule has 2 aliphatic heterocycles. The fourth-order valence-corrected chi connectivity index (χ4v) is 5.13. The number of methoxy groups -OCH3 is 1. The SMILES string of the molecule is CCCN1c2cc(OC)c(/C=C3/C(=O)NC(=O)N(c4cccc(F)c4)C3=O)cc2C(C)CC1(C)C. The number of amides is 4. The number of urea groups is 1. The molecule has 1 N–H and O–H groups in total. The van der Waals surface area contributed by atoms with Crippen molar-refractivity contribution in [2.45, 2.75) is 52.0 Å². The number of nitrogens with zero attached hydrogens (tertiary/aromatic N) is 2. The van der Waals surface area contributed by atoms with Gasteiger partial charge in [0.25, 0.3) is 11.8 Å². The van der Waals surface area contributed by atoms with Crippen molar-refractivity contribution in [1.82, 2.24) is 5.32 Å². The minimum Gasteiger partial charge on any atom is -0.496 e. The van der Waals surface area contributed by atoms with Gasteiger partial charge in [0, 0.05) is 29.4 Å². The van der Waals surface area contributed by atoms with Gasteiger partial charge in [0.2, 0.25) is 0 Å². The number of carbonyl (C=O) groups excluding carboxylic acids is 3. The van der Waals surface area contributed by atoms with E-state index in [-0.39, 0.29) is 22.7 Å². The number of imide groups is 2. The number of hydrogen-bond donors (Lipinski definition) is 1. The number of hydrogen-bond acceptors (Lipinski definition) is 5. The predicted octanol–water partition coefficient (Wildman–Crippen LogP) is 5.00. The molecule has 0 spiro atoms. The molecular weight excluding hydrogens is 449 g/mol. The molecule has 184 valence electrons. The highest BCUT2D eigenvalue weighted by molar-refractivity contribution is 6.39. The Hall–Kier alpha value is -3.68. The van der Waals surface area contributed by atoms with Crippen LogP contribution in [0.5, 0.6) is 5.75 Å². The van der Waals surface area contributed by atoms with E-state index in [2.05, 4.69) is 37.9 Å². The Morgan fingerprint density at radius 1 is 1.20 bits per heavy atom. The van der Waals surface area contributed by atoms with E-state index >= 15 is 0 Å². The van der Waals surface area contributed by atoms with Crippen molar-refractivity contribution in [2.24, 2.45) is 0 Å². The molecule has 2 aliphatic rings. The number of carbonyl (C=O) groups is 3. The quantitative estimate of drug-likeness (QED) is 0.482. The smallest absolute Gasteiger partial charge is 0.335 e. The zero-order valence-electron chi connectivity index (χ0n) is 20.6. The summed E-state index contributed by atoms with van der Waals surface area (Å²) < 4.78 is 19.4. The minimum atomic E-state index is -0.925. The van der Waals surface area contributed by atoms with Crippen molar-refractivity contribution in [1.29, 1.82) is 0 Å². The third-order valence-corrected chi connectivity index (χ3v) is 6.65. The first-order valence-electron chi connectivity index (χ1n) is 11.7. The van der Waals surface area contributed by atoms with E-state index in [4.69, 9.17) is 4.74 Å². The first-order valence-corrected chi connectivity index (χ1v) is 11.7. The Morgan fingerprint density at radius 2 is 1.94 bits per heavy atom. The molecule has 4 rings (SSSR count). The third-order valence-electron chi connectivity index (χ3n) is 6.65. The second-order valence-corrected chi connectivity index (χ2v) is 9.66. The van der Waals surface area contributed by atoms with Crippen LogP contribution in [0.1, 0.15) is 57.6 Å². The molecule has 35 heavy (non-hydrogen) atoms. The summed E-state index contributed by atoms with van der Waals surface area (Å²) in [6, 6.07) is 8.08. The molecule has 8 heteroatoms. The lowest BCUT2D eigenvalue weighted by Crippen LogP contribution is -2.54. The van der Waals surface area contributed by atoms with Crippen molar-refractivity contribution in [2.75, 3.05) is 23.5 Å². The summed E-state index contributed by atoms with van der Waals surface area (Å²) in [4.78, 5) is 41.5. The number of fused-ring (bicyclic) bond motifs is 1. The molecule has 0 saturated carbocycles. The van der Waals surface area contributed by atoms with Crippen molar-refractivity contribution in [3.8, 4) is 5.75 Å². The van der Waals surface area contributed by atoms with Crippen LogP contribution < -0.4 is 19.9 Å². The fraction of sp³-hybridized carbons (Fsp3) is 0.370. The number of ether oxygens (including phenoxy) is 1. The molecule has 1 saturated heterocycles. The Bertz CT molecular complexity index is 1240. The number of nitrogens with one attached hydrogen (secondary N) is 1. The maximum absolute atomic E-state index is 13.8. The lowest BCUT2D eigenvalue weighted by Gasteiger charge is -2.48. The molecule has 7 nitrogen and oxygen atoms in total. The van der Waals surface area contributed by atoms with E-state index in [1.165, 1.54) is 31.4 Å². The molecule has 0 radical (unpaired) electrons. The maximum Gasteiger partial charge on any atom is 0.335 e. The van der Waals surface area contributed by atoms with Crippen LogP contribution in [-0.4, -0.2) is 37.0 Å². The van der Waals surface area contributed by atoms with Crippen molar-refractivity contribution in [3.05, 3.63) is 58.9 Å². The van der Waals surface area contributed by atoms with Gasteiger partial charge in [0.1, 0.15) is 17.1 Å². The Morgan fingerprint density at radius 3 is 2.60 bits per heavy atom. The molecule has 0 aliphatic carbocycles. The Labute approximate surface area is 204 Å². The average Bonchev–Trinajstić information content (AvgIpc) is 2.78. The monoisotopic (exact) mass is 479 g/mol. The Balaban J connectivity index is 1.81. The van der Waals surface area contributed by atoms with Gasteiger partial charge in [-0.25, -0.2) is 14.1 Å². The molecule has 2 heterocycles. The van der Waals surface area contributed by atoms with Gasteiger partial charge in [0.05, 0.1) is 12.8 Å². The zero-order chi connectivity index (χ0) is 25.5. The topological polar surface area (TPSA) is 79.0 Å². The normalized spacial score (nSPS) is 20.7. The van der Waals surface area contributed by atoms with Crippen molar-refractivity contribution < 1.29 is 23.5 Å². The summed E-state index contributed by atoms with van der Waals surface area (Å²) >= 11 is 0. The number of barbiturate groups is 1. The van der Waals surface area contributed by atoms with E-state index in [1.807, 2.05) is 12.1 Å². The first-order chi connectivity index (χ1) is 16.6. The van der Waals surface area contributed by atoms with E-state index in [1.54, 1.807) is 0 Å². The average molecular weight is 480 g/mol. The summed E-state index contributed by atoms with van der Waals surface area (Å²) in [5.74, 6) is -1.48. The standard InChI is InChI=1S/C27H30FN3O4/c1-6-10-30-22-14-23(35-5)17(11-20(22)16(2)15-27(30,3)4)12-21-24(32)29-26(34)31(25(21)33)19-9-7-8-18(28)13-19/h7-9,11-14,16H,6,10,15H2,1-5H3,(H,29,32,34)/b21-12-. The van der Waals surface area contributed by atoms with Crippen LogP contribution >= 0.6 is 0 Å². The van der Waals surface area contributed by atoms with Gasteiger partial charge in [-0.2, -0.15) is 0 Å². The number of benzene rings is 2. The van der Waals surface area contributed by atoms with Crippen LogP contribution in [0.15, 0.2) is 42.0 Å². The molecule has 2 aromatic carbocycles. The predicted molar refractivity (Wildman–Crippen MR) is 133 cm³/mol. The number of halogens is 1. The van der Waals surface area contributed by atoms with E-state index in [9.17, 15) is 18.8 Å². The van der Waals surface area contributed by atoms with Crippen molar-refractivity contribution in [3.63, 3.8) is 0 Å². The van der Waals surface area contributed by atoms with Gasteiger partial charge in [0.15, 0.2) is 0 Å². The van der Waals surface area contributed by atoms with E-state index < -0.39 is 23.7 Å². The fourth-order valence-electron chi connectivity index (χ4n) is 5.13. The van der Waals surface area contributed by atoms with Gasteiger partial charge < -0.3 is 9.64 Å². The van der Waals surface area contributed by atoms with Crippen LogP contribution in [0.3, 0.4) is 0 Å². The minimum absolute atomic E-state index is 0.0293. The summed E-state index contributed by atoms with van der Waals surface area (Å²) in [6.45, 7) is 9.65. The molecule has 0 aromatic heterocycles. The first kappa shape index (κ1) is 24.4. The summed E-state index contributed by atoms with van der Waals surface area (Å²) in [5.41, 5.74) is 2.51. The van der Waals surface area contributed by atoms with Gasteiger partial charge in [-0.3, -0.25) is 14.9 Å².